The second kappa shape index (κ2) is 9.94. The minimum Gasteiger partial charge on any atom is -0.339 e. The lowest BCUT2D eigenvalue weighted by atomic mass is 10.1. The van der Waals surface area contributed by atoms with E-state index in [9.17, 15) is 18.4 Å². The molecule has 0 fully saturated rings. The minimum atomic E-state index is -0.906. The zero-order valence-corrected chi connectivity index (χ0v) is 16.3. The maximum atomic E-state index is 13.3. The van der Waals surface area contributed by atoms with Crippen molar-refractivity contribution in [1.82, 2.24) is 4.90 Å². The largest absolute Gasteiger partial charge is 0.339 e. The molecule has 2 rings (SSSR count). The molecular weight excluding hydrogens is 364 g/mol. The van der Waals surface area contributed by atoms with Gasteiger partial charge in [0.25, 0.3) is 11.8 Å². The molecule has 2 amide bonds. The minimum absolute atomic E-state index is 0.0837. The number of quaternary nitrogens is 1. The van der Waals surface area contributed by atoms with Crippen LogP contribution in [0.2, 0.25) is 0 Å². The van der Waals surface area contributed by atoms with Gasteiger partial charge in [0, 0.05) is 29.9 Å². The van der Waals surface area contributed by atoms with Gasteiger partial charge >= 0.3 is 0 Å². The number of rotatable bonds is 8. The molecule has 7 heteroatoms. The molecule has 0 aliphatic heterocycles. The summed E-state index contributed by atoms with van der Waals surface area (Å²) in [6.45, 7) is 6.97. The van der Waals surface area contributed by atoms with Crippen molar-refractivity contribution in [3.8, 4) is 0 Å². The van der Waals surface area contributed by atoms with Crippen LogP contribution in [0.15, 0.2) is 42.5 Å². The summed E-state index contributed by atoms with van der Waals surface area (Å²) in [6, 6.07) is 10.3. The monoisotopic (exact) mass is 390 g/mol. The molecule has 2 aromatic rings. The van der Waals surface area contributed by atoms with Gasteiger partial charge in [0.15, 0.2) is 18.2 Å². The van der Waals surface area contributed by atoms with E-state index in [1.165, 1.54) is 6.07 Å². The van der Waals surface area contributed by atoms with Crippen molar-refractivity contribution in [2.24, 2.45) is 0 Å². The Morgan fingerprint density at radius 1 is 1.07 bits per heavy atom. The van der Waals surface area contributed by atoms with E-state index < -0.39 is 11.6 Å². The van der Waals surface area contributed by atoms with Gasteiger partial charge in [0.05, 0.1) is 0 Å². The van der Waals surface area contributed by atoms with Gasteiger partial charge in [0.2, 0.25) is 0 Å². The maximum absolute atomic E-state index is 13.3. The first-order chi connectivity index (χ1) is 13.3. The highest BCUT2D eigenvalue weighted by Gasteiger charge is 2.15. The number of carbonyl (C=O) groups is 2. The van der Waals surface area contributed by atoms with Crippen molar-refractivity contribution in [2.75, 3.05) is 25.0 Å². The molecule has 2 aromatic carbocycles. The Hall–Kier alpha value is -2.80. The van der Waals surface area contributed by atoms with Crippen molar-refractivity contribution in [3.05, 3.63) is 65.2 Å². The smallest absolute Gasteiger partial charge is 0.279 e. The first kappa shape index (κ1) is 21.5. The van der Waals surface area contributed by atoms with Crippen molar-refractivity contribution < 1.29 is 23.7 Å². The molecule has 0 spiro atoms. The summed E-state index contributed by atoms with van der Waals surface area (Å²) in [7, 11) is 0. The Balaban J connectivity index is 1.95. The summed E-state index contributed by atoms with van der Waals surface area (Å²) in [5.41, 5.74) is 1.65. The molecule has 0 radical (unpaired) electrons. The van der Waals surface area contributed by atoms with Crippen LogP contribution in [0.5, 0.6) is 0 Å². The highest BCUT2D eigenvalue weighted by atomic mass is 19.2. The lowest BCUT2D eigenvalue weighted by Gasteiger charge is -2.19. The molecule has 0 saturated carbocycles. The number of nitrogens with zero attached hydrogens (tertiary/aromatic N) is 1. The van der Waals surface area contributed by atoms with Gasteiger partial charge in [-0.15, -0.1) is 0 Å². The molecule has 0 bridgehead atoms. The molecule has 28 heavy (non-hydrogen) atoms. The van der Waals surface area contributed by atoms with E-state index in [0.717, 1.165) is 12.1 Å². The number of hydrogen-bond acceptors (Lipinski definition) is 2. The summed E-state index contributed by atoms with van der Waals surface area (Å²) in [6.07, 6.45) is 0. The quantitative estimate of drug-likeness (QED) is 0.728. The van der Waals surface area contributed by atoms with E-state index in [-0.39, 0.29) is 24.4 Å². The molecule has 0 heterocycles. The number of benzene rings is 2. The fraction of sp³-hybridized carbons (Fsp3) is 0.333. The topological polar surface area (TPSA) is 66.0 Å². The van der Waals surface area contributed by atoms with Crippen molar-refractivity contribution in [1.29, 1.82) is 0 Å². The predicted octanol–water partition coefficient (Wildman–Crippen LogP) is 2.71. The van der Waals surface area contributed by atoms with E-state index in [4.69, 9.17) is 0 Å². The Kier molecular flexibility index (Phi) is 7.63. The van der Waals surface area contributed by atoms with Crippen molar-refractivity contribution in [2.45, 2.75) is 26.8 Å². The normalized spacial score (nSPS) is 11.8. The van der Waals surface area contributed by atoms with Gasteiger partial charge in [0.1, 0.15) is 6.04 Å². The van der Waals surface area contributed by atoms with Crippen LogP contribution in [-0.4, -0.2) is 36.3 Å². The summed E-state index contributed by atoms with van der Waals surface area (Å²) >= 11 is 0. The highest BCUT2D eigenvalue weighted by molar-refractivity contribution is 5.97. The second-order valence-corrected chi connectivity index (χ2v) is 6.51. The maximum Gasteiger partial charge on any atom is 0.279 e. The van der Waals surface area contributed by atoms with Gasteiger partial charge in [-0.05, 0) is 57.2 Å². The Morgan fingerprint density at radius 3 is 2.43 bits per heavy atom. The number of amides is 2. The number of hydrogen-bond donors (Lipinski definition) is 2. The van der Waals surface area contributed by atoms with E-state index in [2.05, 4.69) is 5.32 Å². The van der Waals surface area contributed by atoms with Gasteiger partial charge in [-0.1, -0.05) is 6.07 Å². The predicted molar refractivity (Wildman–Crippen MR) is 104 cm³/mol. The summed E-state index contributed by atoms with van der Waals surface area (Å²) < 4.78 is 26.4. The van der Waals surface area contributed by atoms with Crippen LogP contribution >= 0.6 is 0 Å². The molecular formula is C21H26F2N3O2+. The zero-order valence-electron chi connectivity index (χ0n) is 16.3. The molecule has 0 aliphatic rings. The van der Waals surface area contributed by atoms with Crippen LogP contribution in [0.1, 0.15) is 42.7 Å². The fourth-order valence-electron chi connectivity index (χ4n) is 2.85. The molecule has 3 N–H and O–H groups in total. The average Bonchev–Trinajstić information content (AvgIpc) is 2.69. The summed E-state index contributed by atoms with van der Waals surface area (Å²) in [5, 5.41) is 4.49. The van der Waals surface area contributed by atoms with Gasteiger partial charge in [-0.3, -0.25) is 9.59 Å². The molecule has 0 saturated heterocycles. The van der Waals surface area contributed by atoms with Crippen LogP contribution in [0.25, 0.3) is 0 Å². The third-order valence-electron chi connectivity index (χ3n) is 4.57. The third-order valence-corrected chi connectivity index (χ3v) is 4.57. The molecule has 0 aliphatic carbocycles. The Morgan fingerprint density at radius 2 is 1.79 bits per heavy atom. The number of carbonyl (C=O) groups excluding carboxylic acids is 2. The fourth-order valence-corrected chi connectivity index (χ4v) is 2.85. The first-order valence-electron chi connectivity index (χ1n) is 9.33. The average molecular weight is 390 g/mol. The summed E-state index contributed by atoms with van der Waals surface area (Å²) in [5.74, 6) is -2.13. The lowest BCUT2D eigenvalue weighted by Crippen LogP contribution is -2.86. The van der Waals surface area contributed by atoms with Crippen LogP contribution < -0.4 is 10.6 Å². The van der Waals surface area contributed by atoms with Crippen molar-refractivity contribution >= 4 is 17.5 Å². The number of anilines is 1. The van der Waals surface area contributed by atoms with Crippen LogP contribution in [0.4, 0.5) is 14.5 Å². The highest BCUT2D eigenvalue weighted by Crippen LogP contribution is 2.14. The van der Waals surface area contributed by atoms with Gasteiger partial charge in [-0.25, -0.2) is 8.78 Å². The molecule has 0 aromatic heterocycles. The first-order valence-corrected chi connectivity index (χ1v) is 9.33. The second-order valence-electron chi connectivity index (χ2n) is 6.51. The van der Waals surface area contributed by atoms with Gasteiger partial charge in [-0.2, -0.15) is 0 Å². The summed E-state index contributed by atoms with van der Waals surface area (Å²) in [4.78, 5) is 26.3. The van der Waals surface area contributed by atoms with Crippen LogP contribution in [0.3, 0.4) is 0 Å². The van der Waals surface area contributed by atoms with E-state index in [1.807, 2.05) is 20.8 Å². The molecule has 1 atom stereocenters. The molecule has 5 nitrogen and oxygen atoms in total. The molecule has 0 unspecified atom stereocenters. The lowest BCUT2D eigenvalue weighted by molar-refractivity contribution is -0.682. The van der Waals surface area contributed by atoms with Crippen molar-refractivity contribution in [3.63, 3.8) is 0 Å². The zero-order chi connectivity index (χ0) is 20.7. The van der Waals surface area contributed by atoms with E-state index >= 15 is 0 Å². The SMILES string of the molecule is CCN(CC)C(=O)c1cccc(NC(=O)C[NH2+][C@H](C)c2ccc(F)c(F)c2)c1. The number of halogens is 2. The van der Waals surface area contributed by atoms with E-state index in [1.54, 1.807) is 34.5 Å². The molecule has 150 valence electrons. The third kappa shape index (κ3) is 5.60. The van der Waals surface area contributed by atoms with Gasteiger partial charge < -0.3 is 15.5 Å². The van der Waals surface area contributed by atoms with E-state index in [0.29, 0.717) is 29.9 Å². The van der Waals surface area contributed by atoms with Crippen LogP contribution in [-0.2, 0) is 4.79 Å². The Bertz CT molecular complexity index is 838. The number of nitrogens with one attached hydrogen (secondary N) is 1. The Labute approximate surface area is 163 Å². The standard InChI is InChI=1S/C21H25F2N3O2/c1-4-26(5-2)21(28)16-7-6-8-17(11-16)25-20(27)13-24-14(3)15-9-10-18(22)19(23)12-15/h6-12,14,24H,4-5,13H2,1-3H3,(H,25,27)/p+1/t14-/m1/s1. The number of nitrogens with two attached hydrogens (primary N) is 1. The van der Waals surface area contributed by atoms with Crippen LogP contribution in [0, 0.1) is 11.6 Å².